The van der Waals surface area contributed by atoms with Crippen molar-refractivity contribution in [1.82, 2.24) is 15.1 Å². The molecule has 1 aromatic rings. The van der Waals surface area contributed by atoms with Crippen LogP contribution in [0, 0.1) is 0 Å². The number of aliphatic imine (C=N–C) groups is 1. The summed E-state index contributed by atoms with van der Waals surface area (Å²) >= 11 is 0. The van der Waals surface area contributed by atoms with Gasteiger partial charge in [0.2, 0.25) is 0 Å². The van der Waals surface area contributed by atoms with E-state index in [1.165, 1.54) is 18.4 Å². The molecule has 0 unspecified atom stereocenters. The van der Waals surface area contributed by atoms with Crippen molar-refractivity contribution in [3.63, 3.8) is 0 Å². The molecule has 1 aliphatic carbocycles. The Bertz CT molecular complexity index is 437. The predicted molar refractivity (Wildman–Crippen MR) is 89.5 cm³/mol. The second kappa shape index (κ2) is 8.03. The monoisotopic (exact) mass is 288 g/mol. The van der Waals surface area contributed by atoms with E-state index in [-0.39, 0.29) is 0 Å². The van der Waals surface area contributed by atoms with Gasteiger partial charge in [-0.3, -0.25) is 4.90 Å². The molecule has 0 saturated heterocycles. The van der Waals surface area contributed by atoms with Gasteiger partial charge in [0.25, 0.3) is 0 Å². The van der Waals surface area contributed by atoms with E-state index in [1.54, 1.807) is 0 Å². The summed E-state index contributed by atoms with van der Waals surface area (Å²) < 4.78 is 0. The van der Waals surface area contributed by atoms with Crippen LogP contribution < -0.4 is 5.32 Å². The molecule has 4 heteroatoms. The smallest absolute Gasteiger partial charge is 0.193 e. The molecule has 1 saturated carbocycles. The highest BCUT2D eigenvalue weighted by molar-refractivity contribution is 5.79. The third-order valence-corrected chi connectivity index (χ3v) is 3.83. The Labute approximate surface area is 128 Å². The first-order chi connectivity index (χ1) is 10.2. The van der Waals surface area contributed by atoms with E-state index >= 15 is 0 Å². The number of guanidine groups is 1. The van der Waals surface area contributed by atoms with Crippen molar-refractivity contribution in [3.05, 3.63) is 35.9 Å². The third kappa shape index (κ3) is 5.38. The molecule has 1 fully saturated rings. The molecule has 0 atom stereocenters. The fourth-order valence-electron chi connectivity index (χ4n) is 2.45. The number of likely N-dealkylation sites (N-methyl/N-ethyl adjacent to an activating group) is 1. The normalized spacial score (nSPS) is 15.3. The van der Waals surface area contributed by atoms with Gasteiger partial charge in [0.05, 0.1) is 6.54 Å². The van der Waals surface area contributed by atoms with Crippen LogP contribution in [0.5, 0.6) is 0 Å². The second-order valence-electron chi connectivity index (χ2n) is 5.81. The molecule has 2 rings (SSSR count). The molecule has 0 radical (unpaired) electrons. The van der Waals surface area contributed by atoms with Crippen LogP contribution in [0.25, 0.3) is 0 Å². The Morgan fingerprint density at radius 1 is 1.24 bits per heavy atom. The van der Waals surface area contributed by atoms with Gasteiger partial charge in [0, 0.05) is 33.2 Å². The molecule has 0 heterocycles. The van der Waals surface area contributed by atoms with Crippen LogP contribution >= 0.6 is 0 Å². The molecule has 4 nitrogen and oxygen atoms in total. The average Bonchev–Trinajstić information content (AvgIpc) is 3.32. The predicted octanol–water partition coefficient (Wildman–Crippen LogP) is 2.18. The molecule has 0 aliphatic heterocycles. The Morgan fingerprint density at radius 3 is 2.52 bits per heavy atom. The van der Waals surface area contributed by atoms with Crippen LogP contribution in [0.15, 0.2) is 35.3 Å². The Kier molecular flexibility index (Phi) is 6.05. The van der Waals surface area contributed by atoms with Gasteiger partial charge < -0.3 is 10.2 Å². The molecule has 1 N–H and O–H groups in total. The minimum absolute atomic E-state index is 0.724. The van der Waals surface area contributed by atoms with Gasteiger partial charge in [-0.25, -0.2) is 4.99 Å². The maximum Gasteiger partial charge on any atom is 0.193 e. The maximum atomic E-state index is 4.69. The van der Waals surface area contributed by atoms with Gasteiger partial charge in [0.1, 0.15) is 0 Å². The topological polar surface area (TPSA) is 30.9 Å². The van der Waals surface area contributed by atoms with Gasteiger partial charge in [0.15, 0.2) is 5.96 Å². The van der Waals surface area contributed by atoms with Crippen LogP contribution in [-0.4, -0.2) is 55.5 Å². The Morgan fingerprint density at radius 2 is 1.95 bits per heavy atom. The zero-order valence-corrected chi connectivity index (χ0v) is 13.5. The summed E-state index contributed by atoms with van der Waals surface area (Å²) in [4.78, 5) is 9.29. The highest BCUT2D eigenvalue weighted by atomic mass is 15.3. The van der Waals surface area contributed by atoms with Crippen LogP contribution in [-0.2, 0) is 6.54 Å². The van der Waals surface area contributed by atoms with Gasteiger partial charge in [-0.15, -0.1) is 0 Å². The van der Waals surface area contributed by atoms with E-state index in [2.05, 4.69) is 51.3 Å². The summed E-state index contributed by atoms with van der Waals surface area (Å²) in [5.74, 6) is 0.964. The SMILES string of the molecule is CCN(CCNC(=NCc1ccccc1)N(C)C)C1CC1. The van der Waals surface area contributed by atoms with Crippen molar-refractivity contribution < 1.29 is 0 Å². The number of nitrogens with zero attached hydrogens (tertiary/aromatic N) is 3. The van der Waals surface area contributed by atoms with E-state index in [9.17, 15) is 0 Å². The molecule has 1 aromatic carbocycles. The molecular weight excluding hydrogens is 260 g/mol. The molecule has 0 aromatic heterocycles. The average molecular weight is 288 g/mol. The van der Waals surface area contributed by atoms with E-state index in [1.807, 2.05) is 20.2 Å². The van der Waals surface area contributed by atoms with Crippen LogP contribution in [0.3, 0.4) is 0 Å². The van der Waals surface area contributed by atoms with Crippen LogP contribution in [0.1, 0.15) is 25.3 Å². The van der Waals surface area contributed by atoms with Gasteiger partial charge in [-0.05, 0) is 24.9 Å². The van der Waals surface area contributed by atoms with Crippen molar-refractivity contribution in [2.45, 2.75) is 32.4 Å². The fraction of sp³-hybridized carbons (Fsp3) is 0.588. The van der Waals surface area contributed by atoms with Crippen molar-refractivity contribution in [3.8, 4) is 0 Å². The largest absolute Gasteiger partial charge is 0.355 e. The minimum atomic E-state index is 0.724. The number of nitrogens with one attached hydrogen (secondary N) is 1. The number of hydrogen-bond donors (Lipinski definition) is 1. The zero-order chi connectivity index (χ0) is 15.1. The highest BCUT2D eigenvalue weighted by Gasteiger charge is 2.27. The summed E-state index contributed by atoms with van der Waals surface area (Å²) in [5, 5.41) is 3.47. The molecular formula is C17H28N4. The standard InChI is InChI=1S/C17H28N4/c1-4-21(16-10-11-16)13-12-18-17(20(2)3)19-14-15-8-6-5-7-9-15/h5-9,16H,4,10-14H2,1-3H3,(H,18,19). The minimum Gasteiger partial charge on any atom is -0.355 e. The quantitative estimate of drug-likeness (QED) is 0.616. The number of hydrogen-bond acceptors (Lipinski definition) is 2. The lowest BCUT2D eigenvalue weighted by molar-refractivity contribution is 0.281. The van der Waals surface area contributed by atoms with E-state index in [4.69, 9.17) is 0 Å². The fourth-order valence-corrected chi connectivity index (χ4v) is 2.45. The van der Waals surface area contributed by atoms with Gasteiger partial charge in [-0.2, -0.15) is 0 Å². The molecule has 1 aliphatic rings. The lowest BCUT2D eigenvalue weighted by Gasteiger charge is -2.22. The highest BCUT2D eigenvalue weighted by Crippen LogP contribution is 2.25. The lowest BCUT2D eigenvalue weighted by atomic mass is 10.2. The van der Waals surface area contributed by atoms with Crippen molar-refractivity contribution in [2.24, 2.45) is 4.99 Å². The Hall–Kier alpha value is -1.55. The van der Waals surface area contributed by atoms with Crippen molar-refractivity contribution in [2.75, 3.05) is 33.7 Å². The first-order valence-electron chi connectivity index (χ1n) is 7.94. The summed E-state index contributed by atoms with van der Waals surface area (Å²) in [7, 11) is 4.07. The number of benzene rings is 1. The van der Waals surface area contributed by atoms with Gasteiger partial charge in [-0.1, -0.05) is 37.3 Å². The first kappa shape index (κ1) is 15.8. The third-order valence-electron chi connectivity index (χ3n) is 3.83. The first-order valence-corrected chi connectivity index (χ1v) is 7.94. The van der Waals surface area contributed by atoms with Crippen molar-refractivity contribution in [1.29, 1.82) is 0 Å². The van der Waals surface area contributed by atoms with E-state index in [0.29, 0.717) is 0 Å². The zero-order valence-electron chi connectivity index (χ0n) is 13.5. The summed E-state index contributed by atoms with van der Waals surface area (Å²) in [5.41, 5.74) is 1.24. The lowest BCUT2D eigenvalue weighted by Crippen LogP contribution is -2.41. The number of rotatable bonds is 7. The molecule has 0 spiro atoms. The van der Waals surface area contributed by atoms with Gasteiger partial charge >= 0.3 is 0 Å². The second-order valence-corrected chi connectivity index (χ2v) is 5.81. The van der Waals surface area contributed by atoms with Crippen LogP contribution in [0.2, 0.25) is 0 Å². The molecule has 116 valence electrons. The van der Waals surface area contributed by atoms with E-state index in [0.717, 1.165) is 38.2 Å². The van der Waals surface area contributed by atoms with Crippen molar-refractivity contribution >= 4 is 5.96 Å². The summed E-state index contributed by atoms with van der Waals surface area (Å²) in [6, 6.07) is 11.2. The van der Waals surface area contributed by atoms with Crippen LogP contribution in [0.4, 0.5) is 0 Å². The Balaban J connectivity index is 1.81. The maximum absolute atomic E-state index is 4.69. The summed E-state index contributed by atoms with van der Waals surface area (Å²) in [6.45, 7) is 6.16. The van der Waals surface area contributed by atoms with E-state index < -0.39 is 0 Å². The molecule has 0 bridgehead atoms. The molecule has 0 amide bonds. The molecule has 21 heavy (non-hydrogen) atoms. The summed E-state index contributed by atoms with van der Waals surface area (Å²) in [6.07, 6.45) is 2.74.